The lowest BCUT2D eigenvalue weighted by atomic mass is 10.3. The van der Waals surface area contributed by atoms with E-state index in [0.29, 0.717) is 24.0 Å². The van der Waals surface area contributed by atoms with Gasteiger partial charge in [0.25, 0.3) is 10.0 Å². The molecule has 3 heterocycles. The Labute approximate surface area is 138 Å². The molecule has 0 aliphatic carbocycles. The van der Waals surface area contributed by atoms with Crippen LogP contribution in [0.2, 0.25) is 0 Å². The summed E-state index contributed by atoms with van der Waals surface area (Å²) >= 11 is 1.13. The fraction of sp³-hybridized carbons (Fsp3) is 0.538. The number of sulfonamides is 1. The van der Waals surface area contributed by atoms with E-state index in [0.717, 1.165) is 11.3 Å². The number of hydrogen-bond donors (Lipinski definition) is 0. The lowest BCUT2D eigenvalue weighted by molar-refractivity contribution is -0.0177. The van der Waals surface area contributed by atoms with Gasteiger partial charge >= 0.3 is 0 Å². The summed E-state index contributed by atoms with van der Waals surface area (Å²) in [6, 6.07) is 1.64. The van der Waals surface area contributed by atoms with Crippen molar-refractivity contribution in [3.63, 3.8) is 0 Å². The molecule has 2 aromatic rings. The molecule has 1 saturated heterocycles. The fourth-order valence-corrected chi connectivity index (χ4v) is 5.11. The van der Waals surface area contributed by atoms with Gasteiger partial charge in [-0.1, -0.05) is 6.92 Å². The van der Waals surface area contributed by atoms with Crippen molar-refractivity contribution in [2.45, 2.75) is 23.7 Å². The second-order valence-electron chi connectivity index (χ2n) is 4.89. The maximum atomic E-state index is 12.8. The van der Waals surface area contributed by atoms with Gasteiger partial charge in [-0.3, -0.25) is 0 Å². The number of aryl methyl sites for hydroxylation is 1. The highest BCUT2D eigenvalue weighted by Crippen LogP contribution is 2.34. The predicted molar refractivity (Wildman–Crippen MR) is 82.0 cm³/mol. The van der Waals surface area contributed by atoms with Crippen LogP contribution in [0.15, 0.2) is 20.1 Å². The van der Waals surface area contributed by atoms with E-state index in [1.165, 1.54) is 11.4 Å². The summed E-state index contributed by atoms with van der Waals surface area (Å²) in [5, 5.41) is 9.52. The molecule has 0 unspecified atom stereocenters. The maximum Gasteiger partial charge on any atom is 0.256 e. The van der Waals surface area contributed by atoms with E-state index in [1.807, 2.05) is 6.92 Å². The molecule has 0 aromatic carbocycles. The van der Waals surface area contributed by atoms with Crippen molar-refractivity contribution in [3.05, 3.63) is 23.2 Å². The van der Waals surface area contributed by atoms with Crippen LogP contribution in [0.25, 0.3) is 0 Å². The molecular weight excluding hydrogens is 342 g/mol. The zero-order valence-corrected chi connectivity index (χ0v) is 14.4. The van der Waals surface area contributed by atoms with Crippen LogP contribution in [-0.4, -0.2) is 49.7 Å². The Morgan fingerprint density at radius 2 is 2.30 bits per heavy atom. The standard InChI is InChI=1S/C13H17N3O5S2/c1-3-11-14-15-12(21-11)10-8-16(5-6-20-10)23(17,18)13-9(19-2)4-7-22-13/h4,7,10H,3,5-6,8H2,1-2H3/t10-/m0/s1. The molecule has 1 aliphatic rings. The van der Waals surface area contributed by atoms with Gasteiger partial charge in [0.15, 0.2) is 4.21 Å². The largest absolute Gasteiger partial charge is 0.494 e. The third-order valence-electron chi connectivity index (χ3n) is 3.48. The monoisotopic (exact) mass is 359 g/mol. The van der Waals surface area contributed by atoms with Crippen molar-refractivity contribution in [2.24, 2.45) is 0 Å². The number of rotatable bonds is 5. The average molecular weight is 359 g/mol. The zero-order chi connectivity index (χ0) is 16.4. The SMILES string of the molecule is CCc1nnc([C@@H]2CN(S(=O)(=O)c3sccc3OC)CCO2)o1. The highest BCUT2D eigenvalue weighted by atomic mass is 32.2. The molecule has 0 radical (unpaired) electrons. The minimum Gasteiger partial charge on any atom is -0.494 e. The second-order valence-corrected chi connectivity index (χ2v) is 7.94. The molecule has 10 heteroatoms. The van der Waals surface area contributed by atoms with Crippen LogP contribution < -0.4 is 4.74 Å². The van der Waals surface area contributed by atoms with Crippen LogP contribution in [-0.2, 0) is 21.2 Å². The molecule has 126 valence electrons. The van der Waals surface area contributed by atoms with Crippen molar-refractivity contribution in [1.29, 1.82) is 0 Å². The first kappa shape index (κ1) is 16.4. The highest BCUT2D eigenvalue weighted by Gasteiger charge is 2.36. The van der Waals surface area contributed by atoms with E-state index in [4.69, 9.17) is 13.9 Å². The number of morpholine rings is 1. The third kappa shape index (κ3) is 3.11. The highest BCUT2D eigenvalue weighted by molar-refractivity contribution is 7.91. The van der Waals surface area contributed by atoms with E-state index in [-0.39, 0.29) is 23.9 Å². The summed E-state index contributed by atoms with van der Waals surface area (Å²) < 4.78 is 43.4. The van der Waals surface area contributed by atoms with Gasteiger partial charge in [0, 0.05) is 19.5 Å². The molecule has 8 nitrogen and oxygen atoms in total. The Hall–Kier alpha value is -1.49. The molecule has 1 fully saturated rings. The molecular formula is C13H17N3O5S2. The summed E-state index contributed by atoms with van der Waals surface area (Å²) in [6.45, 7) is 2.57. The van der Waals surface area contributed by atoms with Crippen LogP contribution in [0.5, 0.6) is 5.75 Å². The molecule has 2 aromatic heterocycles. The van der Waals surface area contributed by atoms with Crippen molar-refractivity contribution < 1.29 is 22.3 Å². The van der Waals surface area contributed by atoms with Gasteiger partial charge in [-0.05, 0) is 11.4 Å². The van der Waals surface area contributed by atoms with Crippen molar-refractivity contribution in [1.82, 2.24) is 14.5 Å². The maximum absolute atomic E-state index is 12.8. The van der Waals surface area contributed by atoms with E-state index < -0.39 is 16.1 Å². The first-order valence-corrected chi connectivity index (χ1v) is 9.43. The normalized spacial score (nSPS) is 19.8. The van der Waals surface area contributed by atoms with Crippen LogP contribution in [0.1, 0.15) is 24.8 Å². The Morgan fingerprint density at radius 3 is 3.00 bits per heavy atom. The van der Waals surface area contributed by atoms with Crippen LogP contribution in [0.4, 0.5) is 0 Å². The molecule has 23 heavy (non-hydrogen) atoms. The molecule has 0 saturated carbocycles. The van der Waals surface area contributed by atoms with Crippen molar-refractivity contribution in [2.75, 3.05) is 26.8 Å². The van der Waals surface area contributed by atoms with Crippen molar-refractivity contribution in [3.8, 4) is 5.75 Å². The quantitative estimate of drug-likeness (QED) is 0.797. The van der Waals surface area contributed by atoms with Gasteiger partial charge in [-0.25, -0.2) is 8.42 Å². The molecule has 0 N–H and O–H groups in total. The topological polar surface area (TPSA) is 94.8 Å². The first-order valence-electron chi connectivity index (χ1n) is 7.11. The first-order chi connectivity index (χ1) is 11.1. The Morgan fingerprint density at radius 1 is 1.48 bits per heavy atom. The molecule has 1 atom stereocenters. The van der Waals surface area contributed by atoms with E-state index in [1.54, 1.807) is 11.4 Å². The molecule has 0 bridgehead atoms. The summed E-state index contributed by atoms with van der Waals surface area (Å²) in [4.78, 5) is 0. The van der Waals surface area contributed by atoms with E-state index in [2.05, 4.69) is 10.2 Å². The Kier molecular flexibility index (Phi) is 4.67. The van der Waals surface area contributed by atoms with Gasteiger partial charge in [0.05, 0.1) is 13.7 Å². The second kappa shape index (κ2) is 6.56. The van der Waals surface area contributed by atoms with E-state index in [9.17, 15) is 8.42 Å². The minimum absolute atomic E-state index is 0.134. The van der Waals surface area contributed by atoms with Gasteiger partial charge in [-0.2, -0.15) is 4.31 Å². The number of ether oxygens (including phenoxy) is 2. The lowest BCUT2D eigenvalue weighted by Crippen LogP contribution is -2.42. The third-order valence-corrected chi connectivity index (χ3v) is 6.77. The van der Waals surface area contributed by atoms with Crippen LogP contribution in [0, 0.1) is 0 Å². The van der Waals surface area contributed by atoms with E-state index >= 15 is 0 Å². The Bertz CT molecular complexity index is 770. The molecule has 0 amide bonds. The summed E-state index contributed by atoms with van der Waals surface area (Å²) in [7, 11) is -2.19. The van der Waals surface area contributed by atoms with Gasteiger partial charge < -0.3 is 13.9 Å². The molecule has 3 rings (SSSR count). The number of methoxy groups -OCH3 is 1. The molecule has 0 spiro atoms. The smallest absolute Gasteiger partial charge is 0.256 e. The number of hydrogen-bond acceptors (Lipinski definition) is 8. The predicted octanol–water partition coefficient (Wildman–Crippen LogP) is 1.46. The van der Waals surface area contributed by atoms with Gasteiger partial charge in [0.2, 0.25) is 11.8 Å². The fourth-order valence-electron chi connectivity index (χ4n) is 2.27. The zero-order valence-electron chi connectivity index (χ0n) is 12.8. The summed E-state index contributed by atoms with van der Waals surface area (Å²) in [5.41, 5.74) is 0. The minimum atomic E-state index is -3.64. The lowest BCUT2D eigenvalue weighted by Gasteiger charge is -2.30. The number of nitrogens with zero attached hydrogens (tertiary/aromatic N) is 3. The summed E-state index contributed by atoms with van der Waals surface area (Å²) in [6.07, 6.45) is 0.0611. The number of aromatic nitrogens is 2. The van der Waals surface area contributed by atoms with Gasteiger partial charge in [-0.15, -0.1) is 21.5 Å². The average Bonchev–Trinajstić information content (AvgIpc) is 3.24. The Balaban J connectivity index is 1.83. The van der Waals surface area contributed by atoms with Crippen molar-refractivity contribution >= 4 is 21.4 Å². The summed E-state index contributed by atoms with van der Waals surface area (Å²) in [5.74, 6) is 1.16. The number of thiophene rings is 1. The van der Waals surface area contributed by atoms with Gasteiger partial charge in [0.1, 0.15) is 11.9 Å². The molecule has 1 aliphatic heterocycles. The van der Waals surface area contributed by atoms with Crippen LogP contribution in [0.3, 0.4) is 0 Å². The van der Waals surface area contributed by atoms with Crippen LogP contribution >= 0.6 is 11.3 Å².